The molecule has 0 saturated heterocycles. The average molecular weight is 256 g/mol. The molecule has 0 bridgehead atoms. The van der Waals surface area contributed by atoms with Crippen molar-refractivity contribution in [2.24, 2.45) is 0 Å². The van der Waals surface area contributed by atoms with Gasteiger partial charge in [-0.15, -0.1) is 0 Å². The first-order chi connectivity index (χ1) is 9.18. The van der Waals surface area contributed by atoms with Gasteiger partial charge in [-0.1, -0.05) is 36.4 Å². The zero-order chi connectivity index (χ0) is 13.7. The van der Waals surface area contributed by atoms with Crippen LogP contribution in [0.25, 0.3) is 0 Å². The Labute approximate surface area is 109 Å². The second kappa shape index (κ2) is 5.88. The summed E-state index contributed by atoms with van der Waals surface area (Å²) in [7, 11) is 0. The van der Waals surface area contributed by atoms with Crippen molar-refractivity contribution in [3.63, 3.8) is 0 Å². The molecular weight excluding hydrogens is 244 g/mol. The molecule has 0 aliphatic rings. The third-order valence-electron chi connectivity index (χ3n) is 2.47. The van der Waals surface area contributed by atoms with E-state index in [1.54, 1.807) is 42.5 Å². The van der Waals surface area contributed by atoms with Crippen LogP contribution in [0.1, 0.15) is 20.8 Å². The smallest absolute Gasteiger partial charge is 0.272 e. The van der Waals surface area contributed by atoms with Crippen molar-refractivity contribution >= 4 is 11.7 Å². The number of aliphatic hydroxyl groups is 1. The van der Waals surface area contributed by atoms with Crippen molar-refractivity contribution in [1.82, 2.24) is 10.3 Å². The molecule has 0 radical (unpaired) electrons. The van der Waals surface area contributed by atoms with E-state index in [4.69, 9.17) is 0 Å². The minimum Gasteiger partial charge on any atom is -0.367 e. The van der Waals surface area contributed by atoms with E-state index < -0.39 is 17.9 Å². The minimum atomic E-state index is -1.59. The summed E-state index contributed by atoms with van der Waals surface area (Å²) >= 11 is 0. The molecule has 2 rings (SSSR count). The van der Waals surface area contributed by atoms with Gasteiger partial charge in [0.05, 0.1) is 0 Å². The van der Waals surface area contributed by atoms with Gasteiger partial charge in [0.25, 0.3) is 5.91 Å². The van der Waals surface area contributed by atoms with Crippen LogP contribution >= 0.6 is 0 Å². The molecule has 0 aliphatic heterocycles. The fraction of sp³-hybridized carbons (Fsp3) is 0.0714. The Morgan fingerprint density at radius 2 is 1.74 bits per heavy atom. The number of amides is 1. The van der Waals surface area contributed by atoms with E-state index in [0.717, 1.165) is 0 Å². The number of carbonyl (C=O) groups excluding carboxylic acids is 2. The van der Waals surface area contributed by atoms with Crippen LogP contribution in [0.3, 0.4) is 0 Å². The van der Waals surface area contributed by atoms with Crippen molar-refractivity contribution in [3.8, 4) is 0 Å². The maximum absolute atomic E-state index is 11.8. The quantitative estimate of drug-likeness (QED) is 0.632. The molecule has 1 atom stereocenters. The van der Waals surface area contributed by atoms with Gasteiger partial charge in [0.15, 0.2) is 6.23 Å². The summed E-state index contributed by atoms with van der Waals surface area (Å²) in [5, 5.41) is 11.9. The molecule has 0 unspecified atom stereocenters. The van der Waals surface area contributed by atoms with Gasteiger partial charge in [-0.05, 0) is 12.1 Å². The Morgan fingerprint density at radius 3 is 2.37 bits per heavy atom. The fourth-order valence-electron chi connectivity index (χ4n) is 1.52. The molecule has 1 amide bonds. The number of nitrogens with zero attached hydrogens (tertiary/aromatic N) is 1. The number of Topliss-reactive ketones (excluding diaryl/α,β-unsaturated/α-hetero) is 1. The van der Waals surface area contributed by atoms with Gasteiger partial charge in [0, 0.05) is 11.8 Å². The molecular formula is C14H12N2O3. The lowest BCUT2D eigenvalue weighted by atomic mass is 10.1. The van der Waals surface area contributed by atoms with Crippen LogP contribution in [0.2, 0.25) is 0 Å². The van der Waals surface area contributed by atoms with Crippen LogP contribution in [-0.2, 0) is 0 Å². The summed E-state index contributed by atoms with van der Waals surface area (Å²) in [6.45, 7) is 0. The zero-order valence-electron chi connectivity index (χ0n) is 9.98. The number of benzene rings is 1. The number of ketones is 1. The number of nitrogens with one attached hydrogen (secondary N) is 1. The highest BCUT2D eigenvalue weighted by Gasteiger charge is 2.20. The van der Waals surface area contributed by atoms with Crippen LogP contribution in [0.15, 0.2) is 54.7 Å². The Hall–Kier alpha value is -2.53. The van der Waals surface area contributed by atoms with E-state index >= 15 is 0 Å². The van der Waals surface area contributed by atoms with Gasteiger partial charge < -0.3 is 10.4 Å². The van der Waals surface area contributed by atoms with Crippen LogP contribution in [0, 0.1) is 0 Å². The molecule has 96 valence electrons. The standard InChI is InChI=1S/C14H12N2O3/c17-12(10-6-2-1-3-7-10)14(19)16-13(18)11-8-4-5-9-15-11/h1-9,14,19H,(H,16,18)/t14-/m1/s1. The summed E-state index contributed by atoms with van der Waals surface area (Å²) < 4.78 is 0. The summed E-state index contributed by atoms with van der Waals surface area (Å²) in [4.78, 5) is 27.4. The van der Waals surface area contributed by atoms with Crippen LogP contribution in [-0.4, -0.2) is 28.0 Å². The largest absolute Gasteiger partial charge is 0.367 e. The van der Waals surface area contributed by atoms with Gasteiger partial charge in [-0.2, -0.15) is 0 Å². The van der Waals surface area contributed by atoms with Crippen molar-refractivity contribution in [2.75, 3.05) is 0 Å². The van der Waals surface area contributed by atoms with Gasteiger partial charge >= 0.3 is 0 Å². The number of aromatic nitrogens is 1. The van der Waals surface area contributed by atoms with Gasteiger partial charge in [0.2, 0.25) is 5.78 Å². The highest BCUT2D eigenvalue weighted by molar-refractivity contribution is 6.02. The topological polar surface area (TPSA) is 79.3 Å². The maximum Gasteiger partial charge on any atom is 0.272 e. The van der Waals surface area contributed by atoms with Crippen LogP contribution in [0.4, 0.5) is 0 Å². The normalized spacial score (nSPS) is 11.6. The lowest BCUT2D eigenvalue weighted by molar-refractivity contribution is 0.0605. The molecule has 2 N–H and O–H groups in total. The highest BCUT2D eigenvalue weighted by Crippen LogP contribution is 2.03. The Morgan fingerprint density at radius 1 is 1.05 bits per heavy atom. The molecule has 1 aromatic heterocycles. The van der Waals surface area contributed by atoms with Crippen molar-refractivity contribution in [1.29, 1.82) is 0 Å². The molecule has 2 aromatic rings. The van der Waals surface area contributed by atoms with E-state index in [2.05, 4.69) is 10.3 Å². The van der Waals surface area contributed by atoms with Gasteiger partial charge in [0.1, 0.15) is 5.69 Å². The zero-order valence-corrected chi connectivity index (χ0v) is 9.98. The second-order valence-corrected chi connectivity index (χ2v) is 3.82. The first-order valence-corrected chi connectivity index (χ1v) is 5.67. The van der Waals surface area contributed by atoms with Crippen LogP contribution in [0.5, 0.6) is 0 Å². The monoisotopic (exact) mass is 256 g/mol. The molecule has 0 saturated carbocycles. The van der Waals surface area contributed by atoms with E-state index in [0.29, 0.717) is 5.56 Å². The van der Waals surface area contributed by atoms with E-state index in [-0.39, 0.29) is 5.69 Å². The third kappa shape index (κ3) is 3.23. The number of hydrogen-bond acceptors (Lipinski definition) is 4. The number of rotatable bonds is 4. The third-order valence-corrected chi connectivity index (χ3v) is 2.47. The Bertz CT molecular complexity index is 570. The summed E-state index contributed by atoms with van der Waals surface area (Å²) in [5.74, 6) is -1.16. The number of aliphatic hydroxyl groups excluding tert-OH is 1. The molecule has 0 aliphatic carbocycles. The van der Waals surface area contributed by atoms with E-state index in [1.165, 1.54) is 12.3 Å². The molecule has 19 heavy (non-hydrogen) atoms. The second-order valence-electron chi connectivity index (χ2n) is 3.82. The lowest BCUT2D eigenvalue weighted by Gasteiger charge is -2.11. The minimum absolute atomic E-state index is 0.141. The number of hydrogen-bond donors (Lipinski definition) is 2. The van der Waals surface area contributed by atoms with Crippen molar-refractivity contribution in [3.05, 3.63) is 66.0 Å². The predicted molar refractivity (Wildman–Crippen MR) is 68.5 cm³/mol. The molecule has 5 nitrogen and oxygen atoms in total. The lowest BCUT2D eigenvalue weighted by Crippen LogP contribution is -2.40. The number of pyridine rings is 1. The molecule has 5 heteroatoms. The van der Waals surface area contributed by atoms with Crippen molar-refractivity contribution < 1.29 is 14.7 Å². The molecule has 0 spiro atoms. The maximum atomic E-state index is 11.8. The first-order valence-electron chi connectivity index (χ1n) is 5.67. The summed E-state index contributed by atoms with van der Waals surface area (Å²) in [5.41, 5.74) is 0.471. The van der Waals surface area contributed by atoms with Crippen molar-refractivity contribution in [2.45, 2.75) is 6.23 Å². The molecule has 1 aromatic carbocycles. The van der Waals surface area contributed by atoms with E-state index in [1.807, 2.05) is 0 Å². The Balaban J connectivity index is 2.04. The average Bonchev–Trinajstić information content (AvgIpc) is 2.48. The fourth-order valence-corrected chi connectivity index (χ4v) is 1.52. The van der Waals surface area contributed by atoms with E-state index in [9.17, 15) is 14.7 Å². The molecule has 1 heterocycles. The Kier molecular flexibility index (Phi) is 4.00. The number of carbonyl (C=O) groups is 2. The van der Waals surface area contributed by atoms with Crippen LogP contribution < -0.4 is 5.32 Å². The van der Waals surface area contributed by atoms with Gasteiger partial charge in [-0.25, -0.2) is 0 Å². The predicted octanol–water partition coefficient (Wildman–Crippen LogP) is 1.01. The summed E-state index contributed by atoms with van der Waals surface area (Å²) in [6, 6.07) is 13.1. The molecule has 0 fully saturated rings. The first kappa shape index (κ1) is 12.9. The highest BCUT2D eigenvalue weighted by atomic mass is 16.3. The summed E-state index contributed by atoms with van der Waals surface area (Å²) in [6.07, 6.45) is -0.128. The SMILES string of the molecule is O=C(N[C@H](O)C(=O)c1ccccc1)c1ccccn1. The van der Waals surface area contributed by atoms with Gasteiger partial charge in [-0.3, -0.25) is 14.6 Å².